The molecule has 0 radical (unpaired) electrons. The van der Waals surface area contributed by atoms with Crippen LogP contribution in [0, 0.1) is 0 Å². The molecule has 0 spiro atoms. The molecule has 1 aromatic carbocycles. The molecule has 1 aromatic heterocycles. The predicted octanol–water partition coefficient (Wildman–Crippen LogP) is 2.38. The smallest absolute Gasteiger partial charge is 0.341 e. The quantitative estimate of drug-likeness (QED) is 0.721. The zero-order chi connectivity index (χ0) is 19.9. The molecule has 0 saturated carbocycles. The lowest BCUT2D eigenvalue weighted by Gasteiger charge is -2.29. The normalized spacial score (nSPS) is 22.5. The van der Waals surface area contributed by atoms with Gasteiger partial charge < -0.3 is 14.4 Å². The maximum absolute atomic E-state index is 12.5. The van der Waals surface area contributed by atoms with Gasteiger partial charge in [-0.2, -0.15) is 0 Å². The van der Waals surface area contributed by atoms with Crippen LogP contribution < -0.4 is 15.5 Å². The summed E-state index contributed by atoms with van der Waals surface area (Å²) in [5.74, 6) is -0.354. The number of pyridine rings is 1. The van der Waals surface area contributed by atoms with Crippen LogP contribution in [0.1, 0.15) is 49.9 Å². The van der Waals surface area contributed by atoms with E-state index in [1.165, 1.54) is 0 Å². The van der Waals surface area contributed by atoms with Crippen molar-refractivity contribution in [1.82, 2.24) is 4.98 Å². The van der Waals surface area contributed by atoms with Crippen LogP contribution in [0.5, 0.6) is 0 Å². The van der Waals surface area contributed by atoms with Crippen molar-refractivity contribution in [2.45, 2.75) is 39.5 Å². The predicted molar refractivity (Wildman–Crippen MR) is 107 cm³/mol. The number of hydrogen-bond donors (Lipinski definition) is 0. The number of fused-ring (bicyclic) bond motifs is 2. The number of hydrogen-bond acceptors (Lipinski definition) is 6. The minimum absolute atomic E-state index is 0.354. The second-order valence-electron chi connectivity index (χ2n) is 7.01. The van der Waals surface area contributed by atoms with E-state index in [0.717, 1.165) is 34.9 Å². The van der Waals surface area contributed by atoms with E-state index >= 15 is 0 Å². The summed E-state index contributed by atoms with van der Waals surface area (Å²) >= 11 is 0. The van der Waals surface area contributed by atoms with Crippen molar-refractivity contribution in [3.05, 3.63) is 58.4 Å². The van der Waals surface area contributed by atoms with Gasteiger partial charge >= 0.3 is 5.97 Å². The maximum atomic E-state index is 12.5. The highest BCUT2D eigenvalue weighted by molar-refractivity contribution is 5.95. The highest BCUT2D eigenvalue weighted by Gasteiger charge is 2.46. The Bertz CT molecular complexity index is 1050. The van der Waals surface area contributed by atoms with Crippen LogP contribution in [0.25, 0.3) is 5.57 Å². The molecule has 6 nitrogen and oxygen atoms in total. The minimum Gasteiger partial charge on any atom is -0.447 e. The Kier molecular flexibility index (Phi) is 4.67. The Balaban J connectivity index is 2.04. The standard InChI is InChI=1S/C22H25N3O3/c1-5-25(6-2)16-12-8-11-15-17(16)18(22(4,24-15)27-7-3)20-19-14(21(26)28-20)10-9-13-23-19/h8-13,20H,5-7H2,1-4H3. The van der Waals surface area contributed by atoms with Crippen molar-refractivity contribution in [1.29, 1.82) is 0 Å². The van der Waals surface area contributed by atoms with E-state index in [2.05, 4.69) is 29.8 Å². The number of rotatable bonds is 6. The minimum atomic E-state index is -0.912. The molecule has 0 bridgehead atoms. The van der Waals surface area contributed by atoms with Gasteiger partial charge in [-0.3, -0.25) is 4.98 Å². The lowest BCUT2D eigenvalue weighted by molar-refractivity contribution is 0.0101. The zero-order valence-corrected chi connectivity index (χ0v) is 16.7. The van der Waals surface area contributed by atoms with E-state index in [9.17, 15) is 4.79 Å². The molecular formula is C22H25N3O3. The maximum Gasteiger partial charge on any atom is 0.341 e. The number of cyclic esters (lactones) is 1. The van der Waals surface area contributed by atoms with Crippen molar-refractivity contribution in [2.75, 3.05) is 24.6 Å². The molecule has 2 aliphatic rings. The number of anilines is 1. The van der Waals surface area contributed by atoms with Gasteiger partial charge in [0, 0.05) is 42.4 Å². The Labute approximate surface area is 164 Å². The van der Waals surface area contributed by atoms with Crippen molar-refractivity contribution in [2.24, 2.45) is 4.99 Å². The van der Waals surface area contributed by atoms with Crippen LogP contribution in [0.3, 0.4) is 0 Å². The van der Waals surface area contributed by atoms with E-state index < -0.39 is 11.8 Å². The van der Waals surface area contributed by atoms with E-state index in [0.29, 0.717) is 17.9 Å². The monoisotopic (exact) mass is 379 g/mol. The third-order valence-electron chi connectivity index (χ3n) is 5.45. The topological polar surface area (TPSA) is 64.0 Å². The first-order valence-electron chi connectivity index (χ1n) is 9.82. The van der Waals surface area contributed by atoms with Crippen molar-refractivity contribution >= 4 is 17.2 Å². The molecule has 2 aromatic rings. The largest absolute Gasteiger partial charge is 0.447 e. The molecule has 4 rings (SSSR count). The lowest BCUT2D eigenvalue weighted by atomic mass is 9.94. The Morgan fingerprint density at radius 3 is 2.68 bits per heavy atom. The van der Waals surface area contributed by atoms with Crippen LogP contribution in [0.4, 0.5) is 5.69 Å². The molecule has 0 aliphatic carbocycles. The highest BCUT2D eigenvalue weighted by Crippen LogP contribution is 2.42. The summed E-state index contributed by atoms with van der Waals surface area (Å²) in [5.41, 5.74) is 2.14. The fourth-order valence-electron chi connectivity index (χ4n) is 4.23. The number of ether oxygens (including phenoxy) is 2. The number of carbonyl (C=O) groups excluding carboxylic acids is 1. The molecular weight excluding hydrogens is 354 g/mol. The molecule has 28 heavy (non-hydrogen) atoms. The number of benzene rings is 1. The second-order valence-corrected chi connectivity index (χ2v) is 7.01. The van der Waals surface area contributed by atoms with Gasteiger partial charge in [0.25, 0.3) is 0 Å². The molecule has 2 atom stereocenters. The fraction of sp³-hybridized carbons (Fsp3) is 0.409. The van der Waals surface area contributed by atoms with E-state index in [1.807, 2.05) is 26.0 Å². The third kappa shape index (κ3) is 2.71. The molecule has 0 amide bonds. The molecule has 0 N–H and O–H groups in total. The first-order valence-corrected chi connectivity index (χ1v) is 9.82. The molecule has 3 heterocycles. The summed E-state index contributed by atoms with van der Waals surface area (Å²) in [6, 6.07) is 9.60. The van der Waals surface area contributed by atoms with Crippen molar-refractivity contribution < 1.29 is 14.3 Å². The van der Waals surface area contributed by atoms with Gasteiger partial charge in [0.2, 0.25) is 0 Å². The van der Waals surface area contributed by atoms with Crippen LogP contribution in [0.15, 0.2) is 41.5 Å². The fourth-order valence-corrected chi connectivity index (χ4v) is 4.23. The molecule has 0 saturated heterocycles. The lowest BCUT2D eigenvalue weighted by Crippen LogP contribution is -2.37. The first kappa shape index (κ1) is 18.6. The number of aromatic nitrogens is 1. The SMILES string of the molecule is CCOC1(C)N=c2cccc(N(CC)CC)c2=C1C1OC(=O)c2cccnc21. The number of carbonyl (C=O) groups is 1. The molecule has 146 valence electrons. The van der Waals surface area contributed by atoms with Gasteiger partial charge in [-0.1, -0.05) is 6.07 Å². The molecule has 6 heteroatoms. The van der Waals surface area contributed by atoms with Crippen molar-refractivity contribution in [3.63, 3.8) is 0 Å². The summed E-state index contributed by atoms with van der Waals surface area (Å²) in [5, 5.41) is 1.84. The average Bonchev–Trinajstić information content (AvgIpc) is 3.17. The molecule has 2 unspecified atom stereocenters. The molecule has 0 fully saturated rings. The third-order valence-corrected chi connectivity index (χ3v) is 5.45. The van der Waals surface area contributed by atoms with Gasteiger partial charge in [0.15, 0.2) is 11.8 Å². The Morgan fingerprint density at radius 2 is 1.96 bits per heavy atom. The zero-order valence-electron chi connectivity index (χ0n) is 16.7. The van der Waals surface area contributed by atoms with Crippen molar-refractivity contribution in [3.8, 4) is 0 Å². The molecule has 2 aliphatic heterocycles. The summed E-state index contributed by atoms with van der Waals surface area (Å²) in [4.78, 5) is 24.1. The van der Waals surface area contributed by atoms with Crippen LogP contribution in [-0.4, -0.2) is 36.4 Å². The van der Waals surface area contributed by atoms with Crippen LogP contribution in [0.2, 0.25) is 0 Å². The van der Waals surface area contributed by atoms with Crippen LogP contribution >= 0.6 is 0 Å². The van der Waals surface area contributed by atoms with E-state index in [1.54, 1.807) is 18.3 Å². The second kappa shape index (κ2) is 7.02. The number of esters is 1. The first-order chi connectivity index (χ1) is 13.5. The van der Waals surface area contributed by atoms with Gasteiger partial charge in [-0.05, 0) is 52.0 Å². The summed E-state index contributed by atoms with van der Waals surface area (Å²) in [6.45, 7) is 10.4. The summed E-state index contributed by atoms with van der Waals surface area (Å²) < 4.78 is 11.9. The Hall–Kier alpha value is -2.73. The Morgan fingerprint density at radius 1 is 1.18 bits per heavy atom. The summed E-state index contributed by atoms with van der Waals surface area (Å²) in [7, 11) is 0. The number of nitrogens with zero attached hydrogens (tertiary/aromatic N) is 3. The van der Waals surface area contributed by atoms with Crippen LogP contribution in [-0.2, 0) is 9.47 Å². The van der Waals surface area contributed by atoms with Gasteiger partial charge in [-0.25, -0.2) is 9.79 Å². The van der Waals surface area contributed by atoms with Gasteiger partial charge in [0.05, 0.1) is 16.6 Å². The summed E-state index contributed by atoms with van der Waals surface area (Å²) in [6.07, 6.45) is 1.08. The van der Waals surface area contributed by atoms with Gasteiger partial charge in [-0.15, -0.1) is 0 Å². The average molecular weight is 379 g/mol. The van der Waals surface area contributed by atoms with Gasteiger partial charge in [0.1, 0.15) is 0 Å². The highest BCUT2D eigenvalue weighted by atomic mass is 16.6. The van der Waals surface area contributed by atoms with E-state index in [-0.39, 0.29) is 5.97 Å². The van der Waals surface area contributed by atoms with E-state index in [4.69, 9.17) is 14.5 Å².